The van der Waals surface area contributed by atoms with Crippen molar-refractivity contribution < 1.29 is 19.4 Å². The Labute approximate surface area is 98.2 Å². The van der Waals surface area contributed by atoms with Crippen LogP contribution in [0.5, 0.6) is 0 Å². The van der Waals surface area contributed by atoms with Gasteiger partial charge in [-0.3, -0.25) is 10.1 Å². The molecule has 92 valence electrons. The Morgan fingerprint density at radius 2 is 1.88 bits per heavy atom. The van der Waals surface area contributed by atoms with Gasteiger partial charge >= 0.3 is 7.12 Å². The van der Waals surface area contributed by atoms with Gasteiger partial charge in [-0.25, -0.2) is 4.39 Å². The second-order valence-electron chi connectivity index (χ2n) is 4.77. The Morgan fingerprint density at radius 3 is 2.24 bits per heavy atom. The van der Waals surface area contributed by atoms with Crippen molar-refractivity contribution in [2.45, 2.75) is 26.2 Å². The van der Waals surface area contributed by atoms with Gasteiger partial charge in [0.25, 0.3) is 5.69 Å². The number of nitro benzene ring substituents is 1. The topological polar surface area (TPSA) is 83.6 Å². The molecule has 0 bridgehead atoms. The normalized spacial score (nSPS) is 11.4. The molecule has 1 rings (SSSR count). The largest absolute Gasteiger partial charge is 0.491 e. The maximum atomic E-state index is 13.6. The zero-order valence-corrected chi connectivity index (χ0v) is 9.77. The lowest BCUT2D eigenvalue weighted by Gasteiger charge is -2.22. The minimum absolute atomic E-state index is 0.208. The van der Waals surface area contributed by atoms with E-state index in [1.165, 1.54) is 0 Å². The monoisotopic (exact) mass is 241 g/mol. The minimum atomic E-state index is -2.00. The van der Waals surface area contributed by atoms with Crippen molar-refractivity contribution in [3.05, 3.63) is 33.6 Å². The van der Waals surface area contributed by atoms with E-state index >= 15 is 0 Å². The van der Waals surface area contributed by atoms with E-state index in [0.29, 0.717) is 6.07 Å². The van der Waals surface area contributed by atoms with E-state index in [-0.39, 0.29) is 11.0 Å². The van der Waals surface area contributed by atoms with E-state index in [2.05, 4.69) is 0 Å². The highest BCUT2D eigenvalue weighted by atomic mass is 19.1. The third kappa shape index (κ3) is 2.80. The van der Waals surface area contributed by atoms with Crippen LogP contribution in [-0.2, 0) is 5.41 Å². The first kappa shape index (κ1) is 13.6. The van der Waals surface area contributed by atoms with Gasteiger partial charge in [-0.15, -0.1) is 0 Å². The van der Waals surface area contributed by atoms with Crippen LogP contribution in [0, 0.1) is 15.9 Å². The number of nitrogens with zero attached hydrogens (tertiary/aromatic N) is 1. The van der Waals surface area contributed by atoms with Gasteiger partial charge in [-0.05, 0) is 11.0 Å². The van der Waals surface area contributed by atoms with Crippen LogP contribution in [0.1, 0.15) is 26.3 Å². The van der Waals surface area contributed by atoms with Gasteiger partial charge in [0.05, 0.1) is 11.0 Å². The van der Waals surface area contributed by atoms with Gasteiger partial charge in [0, 0.05) is 11.5 Å². The first-order chi connectivity index (χ1) is 7.64. The second kappa shape index (κ2) is 4.42. The molecule has 0 aliphatic rings. The fourth-order valence-corrected chi connectivity index (χ4v) is 1.59. The highest BCUT2D eigenvalue weighted by molar-refractivity contribution is 6.59. The summed E-state index contributed by atoms with van der Waals surface area (Å²) in [6, 6.07) is 1.85. The molecule has 1 aromatic carbocycles. The molecule has 0 spiro atoms. The van der Waals surface area contributed by atoms with E-state index in [9.17, 15) is 14.5 Å². The Kier molecular flexibility index (Phi) is 3.54. The summed E-state index contributed by atoms with van der Waals surface area (Å²) in [5.74, 6) is -0.987. The molecule has 0 fully saturated rings. The number of rotatable bonds is 2. The smallest absolute Gasteiger partial charge is 0.423 e. The first-order valence-electron chi connectivity index (χ1n) is 4.99. The summed E-state index contributed by atoms with van der Waals surface area (Å²) in [5, 5.41) is 28.9. The molecule has 0 unspecified atom stereocenters. The molecule has 7 heteroatoms. The average molecular weight is 241 g/mol. The highest BCUT2D eigenvalue weighted by Gasteiger charge is 2.30. The lowest BCUT2D eigenvalue weighted by molar-refractivity contribution is -0.385. The number of non-ortho nitro benzene ring substituents is 1. The van der Waals surface area contributed by atoms with Gasteiger partial charge < -0.3 is 10.0 Å². The van der Waals surface area contributed by atoms with Crippen molar-refractivity contribution >= 4 is 18.3 Å². The molecule has 0 aliphatic heterocycles. The van der Waals surface area contributed by atoms with E-state index in [1.807, 2.05) is 0 Å². The van der Waals surface area contributed by atoms with E-state index in [0.717, 1.165) is 6.07 Å². The van der Waals surface area contributed by atoms with Crippen LogP contribution in [0.25, 0.3) is 0 Å². The zero-order valence-electron chi connectivity index (χ0n) is 9.77. The van der Waals surface area contributed by atoms with Crippen molar-refractivity contribution in [1.29, 1.82) is 0 Å². The fourth-order valence-electron chi connectivity index (χ4n) is 1.59. The predicted octanol–water partition coefficient (Wildman–Crippen LogP) is 0.711. The number of benzene rings is 1. The van der Waals surface area contributed by atoms with Crippen LogP contribution in [0.15, 0.2) is 12.1 Å². The molecule has 0 aliphatic carbocycles. The molecular weight excluding hydrogens is 228 g/mol. The van der Waals surface area contributed by atoms with Crippen molar-refractivity contribution in [1.82, 2.24) is 0 Å². The third-order valence-electron chi connectivity index (χ3n) is 2.39. The Morgan fingerprint density at radius 1 is 1.35 bits per heavy atom. The Bertz CT molecular complexity index is 456. The predicted molar refractivity (Wildman–Crippen MR) is 61.6 cm³/mol. The summed E-state index contributed by atoms with van der Waals surface area (Å²) >= 11 is 0. The molecule has 5 nitrogen and oxygen atoms in total. The standard InChI is InChI=1S/C10H13BFNO4/c1-10(2,3)7-4-6(13(16)17)5-8(12)9(7)11(14)15/h4-5,14-15H,1-3H3. The zero-order chi connectivity index (χ0) is 13.4. The molecule has 2 N–H and O–H groups in total. The van der Waals surface area contributed by atoms with Crippen LogP contribution in [0.4, 0.5) is 10.1 Å². The summed E-state index contributed by atoms with van der Waals surface area (Å²) < 4.78 is 13.6. The maximum absolute atomic E-state index is 13.6. The molecule has 1 aromatic rings. The molecule has 0 amide bonds. The lowest BCUT2D eigenvalue weighted by Crippen LogP contribution is -2.39. The third-order valence-corrected chi connectivity index (χ3v) is 2.39. The highest BCUT2D eigenvalue weighted by Crippen LogP contribution is 2.25. The summed E-state index contributed by atoms with van der Waals surface area (Å²) in [6.07, 6.45) is 0. The molecular formula is C10H13BFNO4. The first-order valence-corrected chi connectivity index (χ1v) is 4.99. The summed E-state index contributed by atoms with van der Waals surface area (Å²) in [7, 11) is -2.00. The molecule has 0 aromatic heterocycles. The maximum Gasteiger partial charge on any atom is 0.491 e. The molecule has 0 heterocycles. The van der Waals surface area contributed by atoms with Crippen LogP contribution < -0.4 is 5.46 Å². The van der Waals surface area contributed by atoms with Crippen LogP contribution in [0.2, 0.25) is 0 Å². The Hall–Kier alpha value is -1.47. The van der Waals surface area contributed by atoms with Gasteiger partial charge in [-0.1, -0.05) is 20.8 Å². The number of hydrogen-bond acceptors (Lipinski definition) is 4. The summed E-state index contributed by atoms with van der Waals surface area (Å²) in [5.41, 5.74) is -1.15. The van der Waals surface area contributed by atoms with E-state index < -0.39 is 29.0 Å². The van der Waals surface area contributed by atoms with Gasteiger partial charge in [0.2, 0.25) is 0 Å². The fraction of sp³-hybridized carbons (Fsp3) is 0.400. The molecule has 0 atom stereocenters. The Balaban J connectivity index is 3.57. The second-order valence-corrected chi connectivity index (χ2v) is 4.77. The van der Waals surface area contributed by atoms with Crippen molar-refractivity contribution in [2.75, 3.05) is 0 Å². The van der Waals surface area contributed by atoms with Crippen molar-refractivity contribution in [2.24, 2.45) is 0 Å². The molecule has 0 radical (unpaired) electrons. The van der Waals surface area contributed by atoms with E-state index in [1.54, 1.807) is 20.8 Å². The number of halogens is 1. The number of nitro groups is 1. The molecule has 17 heavy (non-hydrogen) atoms. The minimum Gasteiger partial charge on any atom is -0.423 e. The van der Waals surface area contributed by atoms with Crippen LogP contribution >= 0.6 is 0 Å². The van der Waals surface area contributed by atoms with Crippen molar-refractivity contribution in [3.8, 4) is 0 Å². The quantitative estimate of drug-likeness (QED) is 0.453. The average Bonchev–Trinajstić information content (AvgIpc) is 2.14. The van der Waals surface area contributed by atoms with Crippen LogP contribution in [-0.4, -0.2) is 22.1 Å². The van der Waals surface area contributed by atoms with Gasteiger partial charge in [0.1, 0.15) is 5.82 Å². The molecule has 0 saturated carbocycles. The van der Waals surface area contributed by atoms with Crippen LogP contribution in [0.3, 0.4) is 0 Å². The van der Waals surface area contributed by atoms with Gasteiger partial charge in [0.15, 0.2) is 0 Å². The SMILES string of the molecule is CC(C)(C)c1cc([N+](=O)[O-])cc(F)c1B(O)O. The van der Waals surface area contributed by atoms with Crippen molar-refractivity contribution in [3.63, 3.8) is 0 Å². The number of hydrogen-bond donors (Lipinski definition) is 2. The summed E-state index contributed by atoms with van der Waals surface area (Å²) in [4.78, 5) is 9.91. The van der Waals surface area contributed by atoms with Gasteiger partial charge in [-0.2, -0.15) is 0 Å². The molecule has 0 saturated heterocycles. The van der Waals surface area contributed by atoms with E-state index in [4.69, 9.17) is 10.0 Å². The summed E-state index contributed by atoms with van der Waals surface area (Å²) in [6.45, 7) is 5.12. The lowest BCUT2D eigenvalue weighted by atomic mass is 9.70.